The van der Waals surface area contributed by atoms with Crippen LogP contribution in [0.3, 0.4) is 0 Å². The third kappa shape index (κ3) is 4.55. The zero-order valence-electron chi connectivity index (χ0n) is 17.3. The molecule has 0 aliphatic heterocycles. The molecule has 1 saturated carbocycles. The van der Waals surface area contributed by atoms with Crippen molar-refractivity contribution in [3.63, 3.8) is 0 Å². The molecule has 3 unspecified atom stereocenters. The molecular formula is C28H29S2+. The van der Waals surface area contributed by atoms with Gasteiger partial charge in [0, 0.05) is 0 Å². The minimum absolute atomic E-state index is 0.0447. The van der Waals surface area contributed by atoms with E-state index >= 15 is 0 Å². The van der Waals surface area contributed by atoms with Crippen LogP contribution < -0.4 is 0 Å². The van der Waals surface area contributed by atoms with Crippen molar-refractivity contribution in [1.82, 2.24) is 0 Å². The highest BCUT2D eigenvalue weighted by atomic mass is 32.2. The number of hydrogen-bond acceptors (Lipinski definition) is 1. The van der Waals surface area contributed by atoms with Crippen LogP contribution in [0.4, 0.5) is 0 Å². The molecule has 30 heavy (non-hydrogen) atoms. The summed E-state index contributed by atoms with van der Waals surface area (Å²) in [4.78, 5) is 4.16. The molecule has 2 heteroatoms. The fourth-order valence-corrected chi connectivity index (χ4v) is 8.14. The molecule has 0 spiro atoms. The fourth-order valence-electron chi connectivity index (χ4n) is 4.82. The highest BCUT2D eigenvalue weighted by molar-refractivity contribution is 7.99. The molecule has 0 saturated heterocycles. The summed E-state index contributed by atoms with van der Waals surface area (Å²) in [6, 6.07) is 31.2. The Labute approximate surface area is 188 Å². The van der Waals surface area contributed by atoms with E-state index in [9.17, 15) is 0 Å². The van der Waals surface area contributed by atoms with Crippen LogP contribution in [0.2, 0.25) is 0 Å². The minimum Gasteiger partial charge on any atom is -0.161 e. The number of rotatable bonds is 8. The smallest absolute Gasteiger partial charge is 0.161 e. The molecule has 3 aromatic carbocycles. The van der Waals surface area contributed by atoms with Gasteiger partial charge in [-0.3, -0.25) is 0 Å². The van der Waals surface area contributed by atoms with Crippen LogP contribution in [0, 0.1) is 17.8 Å². The second kappa shape index (κ2) is 9.49. The third-order valence-corrected chi connectivity index (χ3v) is 9.79. The number of fused-ring (bicyclic) bond motifs is 2. The Kier molecular flexibility index (Phi) is 6.34. The van der Waals surface area contributed by atoms with Crippen molar-refractivity contribution in [2.75, 3.05) is 11.5 Å². The van der Waals surface area contributed by atoms with Crippen molar-refractivity contribution in [1.29, 1.82) is 0 Å². The largest absolute Gasteiger partial charge is 0.166 e. The molecule has 152 valence electrons. The maximum atomic E-state index is 2.48. The standard InChI is InChI=1S/C28H29S2/c1-3-7-26(8-4-1)30(27-9-5-2-6-10-27)28-15-12-22(13-16-28)17-18-29-21-25-20-23-11-14-24(25)19-23/h1-16,23-25H,17-21H2/q+1. The van der Waals surface area contributed by atoms with Gasteiger partial charge in [-0.1, -0.05) is 60.7 Å². The maximum Gasteiger partial charge on any atom is 0.166 e. The number of hydrogen-bond donors (Lipinski definition) is 0. The lowest BCUT2D eigenvalue weighted by Gasteiger charge is -2.17. The van der Waals surface area contributed by atoms with Crippen LogP contribution in [-0.4, -0.2) is 11.5 Å². The first kappa shape index (κ1) is 20.0. The van der Waals surface area contributed by atoms with E-state index < -0.39 is 0 Å². The summed E-state index contributed by atoms with van der Waals surface area (Å²) in [5.41, 5.74) is 1.46. The van der Waals surface area contributed by atoms with Crippen molar-refractivity contribution >= 4 is 22.7 Å². The molecule has 5 rings (SSSR count). The average Bonchev–Trinajstić information content (AvgIpc) is 3.43. The molecule has 3 atom stereocenters. The van der Waals surface area contributed by atoms with Gasteiger partial charge < -0.3 is 0 Å². The van der Waals surface area contributed by atoms with Crippen LogP contribution in [-0.2, 0) is 17.3 Å². The first-order valence-electron chi connectivity index (χ1n) is 11.1. The van der Waals surface area contributed by atoms with E-state index in [0.29, 0.717) is 0 Å². The normalized spacial score (nSPS) is 22.1. The molecule has 0 amide bonds. The molecule has 1 fully saturated rings. The Morgan fingerprint density at radius 1 is 0.700 bits per heavy atom. The summed E-state index contributed by atoms with van der Waals surface area (Å²) in [6.45, 7) is 0. The Morgan fingerprint density at radius 3 is 1.90 bits per heavy atom. The van der Waals surface area contributed by atoms with E-state index in [1.54, 1.807) is 0 Å². The molecule has 3 aromatic rings. The topological polar surface area (TPSA) is 0 Å². The monoisotopic (exact) mass is 429 g/mol. The first-order valence-corrected chi connectivity index (χ1v) is 13.4. The summed E-state index contributed by atoms with van der Waals surface area (Å²) < 4.78 is 0. The lowest BCUT2D eigenvalue weighted by atomic mass is 9.96. The maximum absolute atomic E-state index is 2.48. The predicted octanol–water partition coefficient (Wildman–Crippen LogP) is 7.27. The van der Waals surface area contributed by atoms with Gasteiger partial charge in [-0.05, 0) is 90.5 Å². The Bertz CT molecular complexity index is 923. The molecule has 2 aliphatic rings. The average molecular weight is 430 g/mol. The van der Waals surface area contributed by atoms with E-state index in [-0.39, 0.29) is 10.9 Å². The van der Waals surface area contributed by atoms with Crippen molar-refractivity contribution in [2.24, 2.45) is 17.8 Å². The lowest BCUT2D eigenvalue weighted by molar-refractivity contribution is 0.502. The van der Waals surface area contributed by atoms with E-state index in [2.05, 4.69) is 109 Å². The summed E-state index contributed by atoms with van der Waals surface area (Å²) >= 11 is 2.16. The van der Waals surface area contributed by atoms with Gasteiger partial charge in [-0.2, -0.15) is 11.8 Å². The molecule has 2 aliphatic carbocycles. The van der Waals surface area contributed by atoms with Crippen LogP contribution in [0.15, 0.2) is 112 Å². The van der Waals surface area contributed by atoms with Gasteiger partial charge in [0.1, 0.15) is 0 Å². The quantitative estimate of drug-likeness (QED) is 0.206. The van der Waals surface area contributed by atoms with Gasteiger partial charge in [0.25, 0.3) is 0 Å². The van der Waals surface area contributed by atoms with E-state index in [1.165, 1.54) is 51.0 Å². The fraction of sp³-hybridized carbons (Fsp3) is 0.286. The van der Waals surface area contributed by atoms with Gasteiger partial charge >= 0.3 is 0 Å². The van der Waals surface area contributed by atoms with Crippen LogP contribution in [0.5, 0.6) is 0 Å². The number of thioether (sulfide) groups is 1. The van der Waals surface area contributed by atoms with Crippen molar-refractivity contribution in [2.45, 2.75) is 33.9 Å². The summed E-state index contributed by atoms with van der Waals surface area (Å²) in [7, 11) is -0.0447. The second-order valence-electron chi connectivity index (χ2n) is 8.44. The van der Waals surface area contributed by atoms with Crippen molar-refractivity contribution in [3.8, 4) is 0 Å². The van der Waals surface area contributed by atoms with Gasteiger partial charge in [0.15, 0.2) is 14.7 Å². The highest BCUT2D eigenvalue weighted by Crippen LogP contribution is 2.44. The molecule has 0 N–H and O–H groups in total. The summed E-state index contributed by atoms with van der Waals surface area (Å²) in [5.74, 6) is 5.30. The van der Waals surface area contributed by atoms with Gasteiger partial charge in [-0.15, -0.1) is 0 Å². The molecule has 0 radical (unpaired) electrons. The summed E-state index contributed by atoms with van der Waals surface area (Å²) in [6.07, 6.45) is 8.97. The minimum atomic E-state index is -0.0447. The Hall–Kier alpha value is -1.90. The van der Waals surface area contributed by atoms with E-state index in [0.717, 1.165) is 17.8 Å². The van der Waals surface area contributed by atoms with Crippen molar-refractivity contribution in [3.05, 3.63) is 103 Å². The zero-order valence-corrected chi connectivity index (χ0v) is 19.0. The molecular weight excluding hydrogens is 400 g/mol. The molecule has 0 aromatic heterocycles. The first-order chi connectivity index (χ1) is 14.9. The predicted molar refractivity (Wildman–Crippen MR) is 131 cm³/mol. The zero-order chi connectivity index (χ0) is 20.2. The van der Waals surface area contributed by atoms with E-state index in [1.807, 2.05) is 0 Å². The van der Waals surface area contributed by atoms with Crippen molar-refractivity contribution < 1.29 is 0 Å². The highest BCUT2D eigenvalue weighted by Gasteiger charge is 2.35. The summed E-state index contributed by atoms with van der Waals surface area (Å²) in [5, 5.41) is 0. The number of benzene rings is 3. The van der Waals surface area contributed by atoms with Gasteiger partial charge in [0.2, 0.25) is 0 Å². The van der Waals surface area contributed by atoms with Crippen LogP contribution in [0.1, 0.15) is 18.4 Å². The van der Waals surface area contributed by atoms with Crippen LogP contribution in [0.25, 0.3) is 0 Å². The third-order valence-electron chi connectivity index (χ3n) is 6.40. The number of aryl methyl sites for hydroxylation is 1. The van der Waals surface area contributed by atoms with E-state index in [4.69, 9.17) is 0 Å². The Morgan fingerprint density at radius 2 is 1.33 bits per heavy atom. The second-order valence-corrected chi connectivity index (χ2v) is 11.6. The molecule has 2 bridgehead atoms. The van der Waals surface area contributed by atoms with Crippen LogP contribution >= 0.6 is 11.8 Å². The lowest BCUT2D eigenvalue weighted by Crippen LogP contribution is -2.10. The molecule has 0 heterocycles. The van der Waals surface area contributed by atoms with Gasteiger partial charge in [-0.25, -0.2) is 0 Å². The SMILES string of the molecule is C1=CC2CC1CC2CSCCc1ccc([S+](c2ccccc2)c2ccccc2)cc1. The molecule has 0 nitrogen and oxygen atoms in total. The number of allylic oxidation sites excluding steroid dienone is 2. The van der Waals surface area contributed by atoms with Gasteiger partial charge in [0.05, 0.1) is 10.9 Å². The Balaban J connectivity index is 1.22.